The van der Waals surface area contributed by atoms with Crippen LogP contribution >= 0.6 is 0 Å². The van der Waals surface area contributed by atoms with E-state index in [0.29, 0.717) is 6.54 Å². The molecule has 4 nitrogen and oxygen atoms in total. The molecule has 2 N–H and O–H groups in total. The Hall–Kier alpha value is -0.610. The molecule has 112 valence electrons. The zero-order valence-corrected chi connectivity index (χ0v) is 12.9. The Morgan fingerprint density at radius 1 is 1.42 bits per heavy atom. The Balaban J connectivity index is 2.72. The fourth-order valence-electron chi connectivity index (χ4n) is 2.69. The van der Waals surface area contributed by atoms with Crippen LogP contribution in [0.3, 0.4) is 0 Å². The van der Waals surface area contributed by atoms with Gasteiger partial charge in [0.05, 0.1) is 12.0 Å². The van der Waals surface area contributed by atoms with Gasteiger partial charge in [0.2, 0.25) is 5.91 Å². The maximum atomic E-state index is 12.7. The monoisotopic (exact) mass is 270 g/mol. The van der Waals surface area contributed by atoms with Gasteiger partial charge in [0.1, 0.15) is 0 Å². The van der Waals surface area contributed by atoms with Crippen LogP contribution in [0, 0.1) is 11.3 Å². The summed E-state index contributed by atoms with van der Waals surface area (Å²) < 4.78 is 5.65. The molecule has 2 atom stereocenters. The zero-order chi connectivity index (χ0) is 14.5. The average molecular weight is 270 g/mol. The number of carbonyl (C=O) groups excluding carboxylic acids is 1. The minimum atomic E-state index is -0.0218. The van der Waals surface area contributed by atoms with Crippen molar-refractivity contribution >= 4 is 5.91 Å². The molecule has 4 heteroatoms. The van der Waals surface area contributed by atoms with Crippen LogP contribution in [0.5, 0.6) is 0 Å². The van der Waals surface area contributed by atoms with Crippen LogP contribution in [-0.2, 0) is 9.53 Å². The molecule has 0 aromatic carbocycles. The second kappa shape index (κ2) is 7.25. The molecule has 1 amide bonds. The van der Waals surface area contributed by atoms with Gasteiger partial charge in [0.25, 0.3) is 0 Å². The lowest BCUT2D eigenvalue weighted by Crippen LogP contribution is -2.46. The Morgan fingerprint density at radius 3 is 2.63 bits per heavy atom. The summed E-state index contributed by atoms with van der Waals surface area (Å²) in [6.45, 7) is 11.3. The van der Waals surface area contributed by atoms with Crippen molar-refractivity contribution in [2.45, 2.75) is 53.1 Å². The third kappa shape index (κ3) is 4.46. The Kier molecular flexibility index (Phi) is 6.27. The van der Waals surface area contributed by atoms with Crippen molar-refractivity contribution in [2.75, 3.05) is 26.2 Å². The van der Waals surface area contributed by atoms with E-state index in [0.717, 1.165) is 39.0 Å². The largest absolute Gasteiger partial charge is 0.377 e. The number of nitrogens with zero attached hydrogens (tertiary/aromatic N) is 1. The quantitative estimate of drug-likeness (QED) is 0.770. The van der Waals surface area contributed by atoms with E-state index in [1.807, 2.05) is 4.90 Å². The third-order valence-corrected chi connectivity index (χ3v) is 3.91. The maximum Gasteiger partial charge on any atom is 0.228 e. The van der Waals surface area contributed by atoms with Crippen molar-refractivity contribution in [2.24, 2.45) is 17.1 Å². The Labute approximate surface area is 117 Å². The van der Waals surface area contributed by atoms with Crippen molar-refractivity contribution in [1.29, 1.82) is 0 Å². The van der Waals surface area contributed by atoms with E-state index >= 15 is 0 Å². The molecule has 1 saturated heterocycles. The van der Waals surface area contributed by atoms with Crippen molar-refractivity contribution in [3.05, 3.63) is 0 Å². The van der Waals surface area contributed by atoms with Crippen LogP contribution in [0.4, 0.5) is 0 Å². The molecule has 0 radical (unpaired) electrons. The molecular weight excluding hydrogens is 240 g/mol. The summed E-state index contributed by atoms with van der Waals surface area (Å²) in [7, 11) is 0. The molecule has 0 spiro atoms. The lowest BCUT2D eigenvalue weighted by atomic mass is 9.91. The highest BCUT2D eigenvalue weighted by molar-refractivity contribution is 5.79. The van der Waals surface area contributed by atoms with Crippen LogP contribution in [0.2, 0.25) is 0 Å². The fourth-order valence-corrected chi connectivity index (χ4v) is 2.69. The van der Waals surface area contributed by atoms with Gasteiger partial charge in [-0.3, -0.25) is 4.79 Å². The summed E-state index contributed by atoms with van der Waals surface area (Å²) in [5, 5.41) is 0. The molecule has 19 heavy (non-hydrogen) atoms. The van der Waals surface area contributed by atoms with E-state index in [1.54, 1.807) is 0 Å². The molecule has 1 fully saturated rings. The number of rotatable bonds is 7. The highest BCUT2D eigenvalue weighted by atomic mass is 16.5. The van der Waals surface area contributed by atoms with Crippen LogP contribution < -0.4 is 5.73 Å². The Bertz CT molecular complexity index is 292. The minimum absolute atomic E-state index is 0.0218. The molecule has 0 aromatic rings. The first-order valence-corrected chi connectivity index (χ1v) is 7.55. The zero-order valence-electron chi connectivity index (χ0n) is 12.9. The topological polar surface area (TPSA) is 55.6 Å². The molecule has 0 bridgehead atoms. The molecule has 0 saturated carbocycles. The highest BCUT2D eigenvalue weighted by Gasteiger charge is 2.36. The molecule has 1 heterocycles. The summed E-state index contributed by atoms with van der Waals surface area (Å²) in [5.41, 5.74) is 5.77. The lowest BCUT2D eigenvalue weighted by molar-refractivity contribution is -0.138. The summed E-state index contributed by atoms with van der Waals surface area (Å²) in [5.74, 6) is 0.304. The number of ether oxygens (including phenoxy) is 1. The van der Waals surface area contributed by atoms with Gasteiger partial charge in [0.15, 0.2) is 0 Å². The molecule has 1 rings (SSSR count). The van der Waals surface area contributed by atoms with Gasteiger partial charge >= 0.3 is 0 Å². The van der Waals surface area contributed by atoms with Gasteiger partial charge in [-0.25, -0.2) is 0 Å². The first kappa shape index (κ1) is 16.4. The van der Waals surface area contributed by atoms with Crippen LogP contribution in [0.15, 0.2) is 0 Å². The molecule has 0 aromatic heterocycles. The standard InChI is InChI=1S/C15H30N2O2/c1-5-8-17(11-15(3,4)10-16)14(18)12-7-9-19-13(12)6-2/h12-13H,5-11,16H2,1-4H3. The average Bonchev–Trinajstić information content (AvgIpc) is 2.85. The number of hydrogen-bond donors (Lipinski definition) is 1. The third-order valence-electron chi connectivity index (χ3n) is 3.91. The second-order valence-electron chi connectivity index (χ2n) is 6.34. The Morgan fingerprint density at radius 2 is 2.11 bits per heavy atom. The van der Waals surface area contributed by atoms with E-state index in [-0.39, 0.29) is 23.3 Å². The highest BCUT2D eigenvalue weighted by Crippen LogP contribution is 2.27. The SMILES string of the molecule is CCCN(CC(C)(C)CN)C(=O)C1CCOC1CC. The van der Waals surface area contributed by atoms with Gasteiger partial charge in [0, 0.05) is 19.7 Å². The van der Waals surface area contributed by atoms with E-state index in [4.69, 9.17) is 10.5 Å². The number of carbonyl (C=O) groups is 1. The first-order chi connectivity index (χ1) is 8.95. The fraction of sp³-hybridized carbons (Fsp3) is 0.933. The molecule has 0 aliphatic carbocycles. The van der Waals surface area contributed by atoms with E-state index in [2.05, 4.69) is 27.7 Å². The summed E-state index contributed by atoms with van der Waals surface area (Å²) in [6, 6.07) is 0. The smallest absolute Gasteiger partial charge is 0.228 e. The van der Waals surface area contributed by atoms with Crippen LogP contribution in [0.1, 0.15) is 47.0 Å². The van der Waals surface area contributed by atoms with Crippen molar-refractivity contribution in [1.82, 2.24) is 4.90 Å². The lowest BCUT2D eigenvalue weighted by Gasteiger charge is -2.34. The minimum Gasteiger partial charge on any atom is -0.377 e. The number of amides is 1. The van der Waals surface area contributed by atoms with E-state index in [9.17, 15) is 4.79 Å². The van der Waals surface area contributed by atoms with Crippen LogP contribution in [-0.4, -0.2) is 43.2 Å². The second-order valence-corrected chi connectivity index (χ2v) is 6.34. The van der Waals surface area contributed by atoms with Crippen LogP contribution in [0.25, 0.3) is 0 Å². The van der Waals surface area contributed by atoms with Gasteiger partial charge in [-0.15, -0.1) is 0 Å². The van der Waals surface area contributed by atoms with E-state index < -0.39 is 0 Å². The number of hydrogen-bond acceptors (Lipinski definition) is 3. The summed E-state index contributed by atoms with van der Waals surface area (Å²) >= 11 is 0. The predicted octanol–water partition coefficient (Wildman–Crippen LogP) is 2.02. The normalized spacial score (nSPS) is 23.6. The van der Waals surface area contributed by atoms with Gasteiger partial charge in [-0.2, -0.15) is 0 Å². The summed E-state index contributed by atoms with van der Waals surface area (Å²) in [6.07, 6.45) is 2.86. The van der Waals surface area contributed by atoms with E-state index in [1.165, 1.54) is 0 Å². The molecule has 2 unspecified atom stereocenters. The van der Waals surface area contributed by atoms with Crippen molar-refractivity contribution in [3.63, 3.8) is 0 Å². The molecule has 1 aliphatic heterocycles. The molecular formula is C15H30N2O2. The number of nitrogens with two attached hydrogens (primary N) is 1. The van der Waals surface area contributed by atoms with Crippen molar-refractivity contribution < 1.29 is 9.53 Å². The predicted molar refractivity (Wildman–Crippen MR) is 77.8 cm³/mol. The summed E-state index contributed by atoms with van der Waals surface area (Å²) in [4.78, 5) is 14.7. The van der Waals surface area contributed by atoms with Gasteiger partial charge in [-0.1, -0.05) is 27.7 Å². The first-order valence-electron chi connectivity index (χ1n) is 7.55. The van der Waals surface area contributed by atoms with Gasteiger partial charge < -0.3 is 15.4 Å². The van der Waals surface area contributed by atoms with Gasteiger partial charge in [-0.05, 0) is 31.2 Å². The molecule has 1 aliphatic rings. The van der Waals surface area contributed by atoms with Crippen molar-refractivity contribution in [3.8, 4) is 0 Å². The maximum absolute atomic E-state index is 12.7.